The zero-order chi connectivity index (χ0) is 8.48. The van der Waals surface area contributed by atoms with E-state index in [0.717, 1.165) is 4.47 Å². The molecule has 6 nitrogen and oxygen atoms in total. The van der Waals surface area contributed by atoms with E-state index in [-0.39, 0.29) is 13.2 Å². The summed E-state index contributed by atoms with van der Waals surface area (Å²) in [4.78, 5) is 4.65. The summed E-state index contributed by atoms with van der Waals surface area (Å²) in [5.41, 5.74) is 0. The normalized spacial score (nSPS) is 27.6. The molecule has 0 bridgehead atoms. The van der Waals surface area contributed by atoms with Crippen LogP contribution in [0.25, 0.3) is 0 Å². The molecule has 0 saturated carbocycles. The molecule has 0 aromatic heterocycles. The topological polar surface area (TPSA) is 78.9 Å². The van der Waals surface area contributed by atoms with E-state index in [4.69, 9.17) is 5.11 Å². The van der Waals surface area contributed by atoms with Crippen molar-refractivity contribution < 1.29 is 18.4 Å². The third-order valence-corrected chi connectivity index (χ3v) is 2.60. The van der Waals surface area contributed by atoms with Gasteiger partial charge in [0.05, 0.1) is 19.3 Å². The molecule has 1 atom stereocenters. The molecule has 1 saturated heterocycles. The van der Waals surface area contributed by atoms with Crippen molar-refractivity contribution in [3.05, 3.63) is 0 Å². The number of aliphatic hydroxyl groups is 1. The molecule has 0 aromatic rings. The lowest BCUT2D eigenvalue weighted by atomic mass is 10.4. The molecule has 1 aliphatic heterocycles. The van der Waals surface area contributed by atoms with Crippen molar-refractivity contribution in [3.63, 3.8) is 0 Å². The highest BCUT2D eigenvalue weighted by atomic mass is 32.2. The van der Waals surface area contributed by atoms with Crippen LogP contribution in [-0.2, 0) is 15.0 Å². The van der Waals surface area contributed by atoms with Crippen LogP contribution < -0.4 is 4.72 Å². The minimum Gasteiger partial charge on any atom is -0.389 e. The molecule has 1 heterocycles. The predicted octanol–water partition coefficient (Wildman–Crippen LogP) is -1.94. The molecule has 0 unspecified atom stereocenters. The first kappa shape index (κ1) is 8.88. The second kappa shape index (κ2) is 3.03. The van der Waals surface area contributed by atoms with E-state index < -0.39 is 16.3 Å². The number of rotatable bonds is 2. The van der Waals surface area contributed by atoms with E-state index >= 15 is 0 Å². The Bertz CT molecular complexity index is 226. The zero-order valence-corrected chi connectivity index (χ0v) is 6.84. The van der Waals surface area contributed by atoms with Crippen molar-refractivity contribution in [2.75, 3.05) is 20.2 Å². The molecule has 1 aliphatic rings. The van der Waals surface area contributed by atoms with Crippen LogP contribution in [0.4, 0.5) is 0 Å². The standard InChI is InChI=1S/C4H10N2O4S/c1-5-11(8,9)6-2-4(7)3-10-6/h4-5,7H,2-3H2,1H3/t4-/m0/s1. The summed E-state index contributed by atoms with van der Waals surface area (Å²) in [5.74, 6) is 0. The first-order chi connectivity index (χ1) is 5.06. The number of hydrogen-bond acceptors (Lipinski definition) is 4. The van der Waals surface area contributed by atoms with Crippen LogP contribution in [0.2, 0.25) is 0 Å². The van der Waals surface area contributed by atoms with Crippen LogP contribution in [0.15, 0.2) is 0 Å². The van der Waals surface area contributed by atoms with Crippen LogP contribution in [0.5, 0.6) is 0 Å². The van der Waals surface area contributed by atoms with Gasteiger partial charge >= 0.3 is 10.2 Å². The third kappa shape index (κ3) is 1.88. The maximum absolute atomic E-state index is 10.9. The fourth-order valence-electron chi connectivity index (χ4n) is 0.716. The lowest BCUT2D eigenvalue weighted by molar-refractivity contribution is -0.0325. The second-order valence-corrected chi connectivity index (χ2v) is 3.91. The number of hydrogen-bond donors (Lipinski definition) is 2. The van der Waals surface area contributed by atoms with Crippen LogP contribution in [0.1, 0.15) is 0 Å². The Morgan fingerprint density at radius 1 is 1.73 bits per heavy atom. The maximum Gasteiger partial charge on any atom is 0.301 e. The highest BCUT2D eigenvalue weighted by Crippen LogP contribution is 2.08. The van der Waals surface area contributed by atoms with Gasteiger partial charge in [0.2, 0.25) is 0 Å². The Labute approximate surface area is 64.9 Å². The maximum atomic E-state index is 10.9. The lowest BCUT2D eigenvalue weighted by Gasteiger charge is -2.11. The summed E-state index contributed by atoms with van der Waals surface area (Å²) in [6.07, 6.45) is -0.724. The molecule has 7 heteroatoms. The lowest BCUT2D eigenvalue weighted by Crippen LogP contribution is -2.36. The minimum absolute atomic E-state index is 0.0107. The Morgan fingerprint density at radius 3 is 2.73 bits per heavy atom. The van der Waals surface area contributed by atoms with E-state index in [0.29, 0.717) is 0 Å². The van der Waals surface area contributed by atoms with E-state index in [9.17, 15) is 8.42 Å². The zero-order valence-electron chi connectivity index (χ0n) is 6.02. The quantitative estimate of drug-likeness (QED) is 0.520. The molecule has 11 heavy (non-hydrogen) atoms. The largest absolute Gasteiger partial charge is 0.389 e. The minimum atomic E-state index is -3.53. The number of aliphatic hydroxyl groups excluding tert-OH is 1. The van der Waals surface area contributed by atoms with E-state index in [1.54, 1.807) is 0 Å². The van der Waals surface area contributed by atoms with Gasteiger partial charge in [-0.15, -0.1) is 0 Å². The Hall–Kier alpha value is -0.210. The second-order valence-electron chi connectivity index (χ2n) is 2.14. The molecule has 0 aliphatic carbocycles. The Kier molecular flexibility index (Phi) is 2.45. The number of hydroxylamine groups is 1. The molecule has 2 N–H and O–H groups in total. The van der Waals surface area contributed by atoms with Crippen molar-refractivity contribution in [3.8, 4) is 0 Å². The van der Waals surface area contributed by atoms with E-state index in [1.165, 1.54) is 7.05 Å². The Morgan fingerprint density at radius 2 is 2.36 bits per heavy atom. The molecular weight excluding hydrogens is 172 g/mol. The van der Waals surface area contributed by atoms with Crippen molar-refractivity contribution in [1.82, 2.24) is 9.19 Å². The van der Waals surface area contributed by atoms with Gasteiger partial charge in [0.25, 0.3) is 0 Å². The first-order valence-corrected chi connectivity index (χ1v) is 4.52. The first-order valence-electron chi connectivity index (χ1n) is 3.08. The van der Waals surface area contributed by atoms with Crippen molar-refractivity contribution in [2.24, 2.45) is 0 Å². The van der Waals surface area contributed by atoms with Gasteiger partial charge in [0, 0.05) is 7.05 Å². The fourth-order valence-corrected chi connectivity index (χ4v) is 1.49. The average molecular weight is 182 g/mol. The average Bonchev–Trinajstić information content (AvgIpc) is 2.36. The summed E-state index contributed by atoms with van der Waals surface area (Å²) < 4.78 is 24.7. The van der Waals surface area contributed by atoms with Gasteiger partial charge in [0.1, 0.15) is 0 Å². The molecule has 1 rings (SSSR count). The summed E-state index contributed by atoms with van der Waals surface area (Å²) in [7, 11) is -2.25. The van der Waals surface area contributed by atoms with Gasteiger partial charge in [0.15, 0.2) is 0 Å². The van der Waals surface area contributed by atoms with Crippen molar-refractivity contribution >= 4 is 10.2 Å². The van der Waals surface area contributed by atoms with E-state index in [1.807, 2.05) is 0 Å². The predicted molar refractivity (Wildman–Crippen MR) is 36.6 cm³/mol. The molecule has 0 amide bonds. The van der Waals surface area contributed by atoms with Gasteiger partial charge < -0.3 is 5.11 Å². The van der Waals surface area contributed by atoms with Crippen LogP contribution in [0.3, 0.4) is 0 Å². The fraction of sp³-hybridized carbons (Fsp3) is 1.00. The summed E-state index contributed by atoms with van der Waals surface area (Å²) in [6.45, 7) is 0.0179. The van der Waals surface area contributed by atoms with Gasteiger partial charge in [-0.1, -0.05) is 4.47 Å². The van der Waals surface area contributed by atoms with Crippen LogP contribution in [-0.4, -0.2) is 44.3 Å². The number of nitrogens with zero attached hydrogens (tertiary/aromatic N) is 1. The van der Waals surface area contributed by atoms with Crippen molar-refractivity contribution in [1.29, 1.82) is 0 Å². The molecule has 0 radical (unpaired) electrons. The highest BCUT2D eigenvalue weighted by Gasteiger charge is 2.30. The van der Waals surface area contributed by atoms with E-state index in [2.05, 4.69) is 9.56 Å². The smallest absolute Gasteiger partial charge is 0.301 e. The molecule has 66 valence electrons. The molecule has 0 aromatic carbocycles. The number of nitrogens with one attached hydrogen (secondary N) is 1. The van der Waals surface area contributed by atoms with Gasteiger partial charge in [-0.05, 0) is 0 Å². The Balaban J connectivity index is 2.64. The number of β-amino-alcohol motifs (C(OH)–C–C–N with tert-alkyl or cyclic N) is 1. The van der Waals surface area contributed by atoms with Gasteiger partial charge in [-0.2, -0.15) is 8.42 Å². The van der Waals surface area contributed by atoms with Crippen molar-refractivity contribution in [2.45, 2.75) is 6.10 Å². The SMILES string of the molecule is CNS(=O)(=O)N1C[C@H](O)CO1. The molecule has 0 spiro atoms. The molecular formula is C4H10N2O4S. The van der Waals surface area contributed by atoms with Gasteiger partial charge in [-0.3, -0.25) is 4.84 Å². The molecule has 1 fully saturated rings. The van der Waals surface area contributed by atoms with Gasteiger partial charge in [-0.25, -0.2) is 4.72 Å². The van der Waals surface area contributed by atoms with Crippen LogP contribution in [0, 0.1) is 0 Å². The highest BCUT2D eigenvalue weighted by molar-refractivity contribution is 7.87. The third-order valence-electron chi connectivity index (χ3n) is 1.30. The summed E-state index contributed by atoms with van der Waals surface area (Å²) >= 11 is 0. The summed E-state index contributed by atoms with van der Waals surface area (Å²) in [5, 5.41) is 8.90. The monoisotopic (exact) mass is 182 g/mol. The van der Waals surface area contributed by atoms with Crippen LogP contribution >= 0.6 is 0 Å². The summed E-state index contributed by atoms with van der Waals surface area (Å²) in [6, 6.07) is 0.